The molecule has 1 fully saturated rings. The van der Waals surface area contributed by atoms with Crippen molar-refractivity contribution in [2.45, 2.75) is 32.7 Å². The molecule has 0 amide bonds. The van der Waals surface area contributed by atoms with Gasteiger partial charge in [0.05, 0.1) is 5.39 Å². The first-order valence-electron chi connectivity index (χ1n) is 9.78. The molecule has 1 aliphatic carbocycles. The minimum absolute atomic E-state index is 0.685. The zero-order valence-electron chi connectivity index (χ0n) is 15.8. The quantitative estimate of drug-likeness (QED) is 0.574. The van der Waals surface area contributed by atoms with Crippen LogP contribution in [0.15, 0.2) is 18.2 Å². The second-order valence-electron chi connectivity index (χ2n) is 7.63. The van der Waals surface area contributed by atoms with Crippen molar-refractivity contribution in [3.8, 4) is 0 Å². The van der Waals surface area contributed by atoms with Gasteiger partial charge in [0.15, 0.2) is 0 Å². The summed E-state index contributed by atoms with van der Waals surface area (Å²) < 4.78 is 0. The van der Waals surface area contributed by atoms with Crippen molar-refractivity contribution in [2.24, 2.45) is 0 Å². The second-order valence-corrected chi connectivity index (χ2v) is 9.56. The Balaban J connectivity index is 1.36. The summed E-state index contributed by atoms with van der Waals surface area (Å²) in [4.78, 5) is 17.2. The van der Waals surface area contributed by atoms with Gasteiger partial charge in [-0.25, -0.2) is 9.97 Å². The number of thiophene rings is 1. The van der Waals surface area contributed by atoms with E-state index in [9.17, 15) is 0 Å². The van der Waals surface area contributed by atoms with Gasteiger partial charge in [0.2, 0.25) is 0 Å². The fraction of sp³-hybridized carbons (Fsp3) is 0.429. The smallest absolute Gasteiger partial charge is 0.141 e. The highest BCUT2D eigenvalue weighted by Gasteiger charge is 2.26. The molecular weight excluding hydrogens is 411 g/mol. The predicted molar refractivity (Wildman–Crippen MR) is 118 cm³/mol. The van der Waals surface area contributed by atoms with Crippen molar-refractivity contribution >= 4 is 50.6 Å². The van der Waals surface area contributed by atoms with Crippen LogP contribution in [0.3, 0.4) is 0 Å². The number of hydrogen-bond acceptors (Lipinski definition) is 5. The van der Waals surface area contributed by atoms with Crippen molar-refractivity contribution in [1.29, 1.82) is 0 Å². The summed E-state index contributed by atoms with van der Waals surface area (Å²) >= 11 is 14.3. The highest BCUT2D eigenvalue weighted by molar-refractivity contribution is 7.19. The van der Waals surface area contributed by atoms with Crippen LogP contribution in [0.4, 0.5) is 5.82 Å². The molecule has 3 aromatic rings. The molecule has 4 nitrogen and oxygen atoms in total. The van der Waals surface area contributed by atoms with E-state index in [0.717, 1.165) is 55.0 Å². The van der Waals surface area contributed by atoms with E-state index < -0.39 is 0 Å². The van der Waals surface area contributed by atoms with Gasteiger partial charge in [-0.05, 0) is 49.4 Å². The number of hydrogen-bond donors (Lipinski definition) is 0. The maximum Gasteiger partial charge on any atom is 0.141 e. The summed E-state index contributed by atoms with van der Waals surface area (Å²) in [5.41, 5.74) is 2.64. The molecule has 1 aromatic carbocycles. The molecule has 1 saturated heterocycles. The van der Waals surface area contributed by atoms with Crippen LogP contribution < -0.4 is 4.90 Å². The number of aromatic nitrogens is 2. The lowest BCUT2D eigenvalue weighted by Crippen LogP contribution is -2.46. The number of piperazine rings is 1. The molecule has 0 atom stereocenters. The molecule has 0 radical (unpaired) electrons. The Kier molecular flexibility index (Phi) is 4.95. The van der Waals surface area contributed by atoms with E-state index in [0.29, 0.717) is 5.02 Å². The Labute approximate surface area is 179 Å². The number of anilines is 1. The van der Waals surface area contributed by atoms with E-state index in [4.69, 9.17) is 33.2 Å². The summed E-state index contributed by atoms with van der Waals surface area (Å²) in [5, 5.41) is 2.75. The van der Waals surface area contributed by atoms with E-state index in [1.807, 2.05) is 36.5 Å². The van der Waals surface area contributed by atoms with Crippen molar-refractivity contribution in [3.05, 3.63) is 50.1 Å². The van der Waals surface area contributed by atoms with E-state index in [1.165, 1.54) is 39.9 Å². The number of nitrogens with zero attached hydrogens (tertiary/aromatic N) is 4. The van der Waals surface area contributed by atoms with Crippen molar-refractivity contribution in [2.75, 3.05) is 31.1 Å². The van der Waals surface area contributed by atoms with Crippen LogP contribution in [-0.2, 0) is 19.4 Å². The van der Waals surface area contributed by atoms with Crippen molar-refractivity contribution in [1.82, 2.24) is 14.9 Å². The van der Waals surface area contributed by atoms with Crippen LogP contribution >= 0.6 is 34.5 Å². The first-order chi connectivity index (χ1) is 13.6. The van der Waals surface area contributed by atoms with E-state index in [1.54, 1.807) is 0 Å². The van der Waals surface area contributed by atoms with Crippen molar-refractivity contribution in [3.63, 3.8) is 0 Å². The third-order valence-electron chi connectivity index (χ3n) is 5.74. The number of benzene rings is 1. The van der Waals surface area contributed by atoms with Gasteiger partial charge >= 0.3 is 0 Å². The Bertz CT molecular complexity index is 1040. The van der Waals surface area contributed by atoms with E-state index >= 15 is 0 Å². The molecule has 5 rings (SSSR count). The lowest BCUT2D eigenvalue weighted by Gasteiger charge is -2.36. The Morgan fingerprint density at radius 2 is 1.89 bits per heavy atom. The molecule has 28 heavy (non-hydrogen) atoms. The normalized spacial score (nSPS) is 17.5. The van der Waals surface area contributed by atoms with Crippen LogP contribution in [0.1, 0.15) is 28.2 Å². The largest absolute Gasteiger partial charge is 0.353 e. The molecule has 3 heterocycles. The second kappa shape index (κ2) is 7.45. The van der Waals surface area contributed by atoms with E-state index in [-0.39, 0.29) is 0 Å². The first kappa shape index (κ1) is 18.6. The van der Waals surface area contributed by atoms with Gasteiger partial charge in [0.25, 0.3) is 0 Å². The molecule has 0 bridgehead atoms. The summed E-state index contributed by atoms with van der Waals surface area (Å²) in [6, 6.07) is 5.77. The minimum atomic E-state index is 0.685. The Hall–Kier alpha value is -1.40. The van der Waals surface area contributed by atoms with Crippen LogP contribution in [-0.4, -0.2) is 41.0 Å². The lowest BCUT2D eigenvalue weighted by atomic mass is 10.1. The van der Waals surface area contributed by atoms with Crippen LogP contribution in [0.25, 0.3) is 10.2 Å². The molecule has 2 aromatic heterocycles. The number of rotatable bonds is 3. The summed E-state index contributed by atoms with van der Waals surface area (Å²) in [7, 11) is 0. The summed E-state index contributed by atoms with van der Waals surface area (Å²) in [6.07, 6.45) is 3.63. The van der Waals surface area contributed by atoms with Crippen LogP contribution in [0.2, 0.25) is 10.0 Å². The SMILES string of the molecule is Cc1nc(N2CCN(Cc3ccc(Cl)cc3Cl)CC2)c2c3c(sc2n1)CCC3. The molecule has 0 spiro atoms. The fourth-order valence-electron chi connectivity index (χ4n) is 4.32. The molecule has 1 aliphatic heterocycles. The fourth-order valence-corrected chi connectivity index (χ4v) is 6.09. The van der Waals surface area contributed by atoms with Gasteiger partial charge in [-0.3, -0.25) is 4.90 Å². The summed E-state index contributed by atoms with van der Waals surface area (Å²) in [6.45, 7) is 6.80. The van der Waals surface area contributed by atoms with Gasteiger partial charge in [-0.1, -0.05) is 29.3 Å². The van der Waals surface area contributed by atoms with Gasteiger partial charge in [-0.2, -0.15) is 0 Å². The molecule has 0 saturated carbocycles. The van der Waals surface area contributed by atoms with Gasteiger partial charge in [-0.15, -0.1) is 11.3 Å². The average Bonchev–Trinajstić information content (AvgIpc) is 3.25. The van der Waals surface area contributed by atoms with Crippen molar-refractivity contribution < 1.29 is 0 Å². The highest BCUT2D eigenvalue weighted by Crippen LogP contribution is 2.40. The van der Waals surface area contributed by atoms with Gasteiger partial charge < -0.3 is 4.90 Å². The zero-order chi connectivity index (χ0) is 19.3. The van der Waals surface area contributed by atoms with Crippen LogP contribution in [0.5, 0.6) is 0 Å². The number of aryl methyl sites for hydroxylation is 3. The Morgan fingerprint density at radius 1 is 1.07 bits per heavy atom. The molecule has 7 heteroatoms. The summed E-state index contributed by atoms with van der Waals surface area (Å²) in [5.74, 6) is 2.02. The average molecular weight is 433 g/mol. The molecule has 2 aliphatic rings. The minimum Gasteiger partial charge on any atom is -0.353 e. The lowest BCUT2D eigenvalue weighted by molar-refractivity contribution is 0.249. The third-order valence-corrected chi connectivity index (χ3v) is 7.51. The monoisotopic (exact) mass is 432 g/mol. The zero-order valence-corrected chi connectivity index (χ0v) is 18.2. The van der Waals surface area contributed by atoms with Gasteiger partial charge in [0, 0.05) is 47.6 Å². The predicted octanol–water partition coefficient (Wildman–Crippen LogP) is 5.12. The first-order valence-corrected chi connectivity index (χ1v) is 11.4. The highest BCUT2D eigenvalue weighted by atomic mass is 35.5. The topological polar surface area (TPSA) is 32.3 Å². The molecule has 0 N–H and O–H groups in total. The molecule has 0 unspecified atom stereocenters. The van der Waals surface area contributed by atoms with Crippen LogP contribution in [0, 0.1) is 6.92 Å². The maximum absolute atomic E-state index is 6.36. The Morgan fingerprint density at radius 3 is 2.68 bits per heavy atom. The van der Waals surface area contributed by atoms with E-state index in [2.05, 4.69) is 9.80 Å². The maximum atomic E-state index is 6.36. The van der Waals surface area contributed by atoms with Gasteiger partial charge in [0.1, 0.15) is 16.5 Å². The molecular formula is C21H22Cl2N4S. The third kappa shape index (κ3) is 3.39. The number of halogens is 2. The standard InChI is InChI=1S/C21H22Cl2N4S/c1-13-24-20(19-16-3-2-4-18(16)28-21(19)25-13)27-9-7-26(8-10-27)12-14-5-6-15(22)11-17(14)23/h5-6,11H,2-4,7-10,12H2,1H3. The molecule has 146 valence electrons. The number of fused-ring (bicyclic) bond motifs is 3.